The number of rotatable bonds is 5. The van der Waals surface area contributed by atoms with Gasteiger partial charge in [0.05, 0.1) is 6.26 Å². The Kier molecular flexibility index (Phi) is 5.37. The van der Waals surface area contributed by atoms with Crippen molar-refractivity contribution >= 4 is 10.0 Å². The van der Waals surface area contributed by atoms with E-state index < -0.39 is 10.0 Å². The number of nitrogens with zero attached hydrogens (tertiary/aromatic N) is 2. The molecule has 17 heavy (non-hydrogen) atoms. The van der Waals surface area contributed by atoms with Crippen molar-refractivity contribution in [3.05, 3.63) is 0 Å². The highest BCUT2D eigenvalue weighted by molar-refractivity contribution is 7.88. The fourth-order valence-corrected chi connectivity index (χ4v) is 3.43. The van der Waals surface area contributed by atoms with Crippen LogP contribution in [0.2, 0.25) is 0 Å². The zero-order chi connectivity index (χ0) is 13.1. The summed E-state index contributed by atoms with van der Waals surface area (Å²) in [6.07, 6.45) is 3.36. The molecule has 1 saturated heterocycles. The minimum atomic E-state index is -3.03. The first-order valence-electron chi connectivity index (χ1n) is 6.18. The van der Waals surface area contributed by atoms with Crippen LogP contribution in [0, 0.1) is 5.92 Å². The van der Waals surface area contributed by atoms with Crippen LogP contribution in [0.1, 0.15) is 19.8 Å². The summed E-state index contributed by atoms with van der Waals surface area (Å²) in [5.41, 5.74) is 5.75. The molecule has 2 atom stereocenters. The first-order chi connectivity index (χ1) is 7.79. The molecule has 0 aromatic rings. The van der Waals surface area contributed by atoms with Crippen molar-refractivity contribution in [2.24, 2.45) is 11.7 Å². The third-order valence-electron chi connectivity index (χ3n) is 3.12. The molecule has 1 heterocycles. The van der Waals surface area contributed by atoms with Crippen LogP contribution >= 0.6 is 0 Å². The first kappa shape index (κ1) is 14.9. The summed E-state index contributed by atoms with van der Waals surface area (Å²) < 4.78 is 24.6. The third-order valence-corrected chi connectivity index (χ3v) is 4.39. The van der Waals surface area contributed by atoms with Crippen LogP contribution in [0.25, 0.3) is 0 Å². The lowest BCUT2D eigenvalue weighted by atomic mass is 9.99. The molecule has 2 N–H and O–H groups in total. The number of hydrogen-bond donors (Lipinski definition) is 1. The van der Waals surface area contributed by atoms with Crippen LogP contribution in [0.15, 0.2) is 0 Å². The molecule has 6 heteroatoms. The van der Waals surface area contributed by atoms with E-state index in [-0.39, 0.29) is 6.04 Å². The molecule has 0 amide bonds. The van der Waals surface area contributed by atoms with E-state index in [1.807, 2.05) is 14.0 Å². The second kappa shape index (κ2) is 6.13. The van der Waals surface area contributed by atoms with Gasteiger partial charge in [-0.05, 0) is 32.7 Å². The molecule has 0 aliphatic carbocycles. The van der Waals surface area contributed by atoms with Gasteiger partial charge in [0.15, 0.2) is 0 Å². The smallest absolute Gasteiger partial charge is 0.211 e. The number of hydrogen-bond acceptors (Lipinski definition) is 4. The molecule has 102 valence electrons. The predicted octanol–water partition coefficient (Wildman–Crippen LogP) is -0.0630. The summed E-state index contributed by atoms with van der Waals surface area (Å²) >= 11 is 0. The highest BCUT2D eigenvalue weighted by Gasteiger charge is 2.26. The van der Waals surface area contributed by atoms with Gasteiger partial charge in [-0.2, -0.15) is 0 Å². The van der Waals surface area contributed by atoms with Gasteiger partial charge in [-0.15, -0.1) is 0 Å². The number of sulfonamides is 1. The average molecular weight is 263 g/mol. The van der Waals surface area contributed by atoms with Gasteiger partial charge in [-0.1, -0.05) is 0 Å². The number of likely N-dealkylation sites (N-methyl/N-ethyl adjacent to an activating group) is 1. The second-order valence-electron chi connectivity index (χ2n) is 5.33. The lowest BCUT2D eigenvalue weighted by Crippen LogP contribution is -2.44. The SMILES string of the molecule is CC(N)CN(C)CC1CCCN(S(C)(=O)=O)C1. The third kappa shape index (κ3) is 5.33. The van der Waals surface area contributed by atoms with E-state index in [0.29, 0.717) is 19.0 Å². The van der Waals surface area contributed by atoms with E-state index in [9.17, 15) is 8.42 Å². The molecule has 0 spiro atoms. The maximum absolute atomic E-state index is 11.5. The summed E-state index contributed by atoms with van der Waals surface area (Å²) in [4.78, 5) is 2.20. The first-order valence-corrected chi connectivity index (χ1v) is 8.03. The summed E-state index contributed by atoms with van der Waals surface area (Å²) in [6.45, 7) is 5.09. The zero-order valence-corrected chi connectivity index (χ0v) is 11.9. The molecular formula is C11H25N3O2S. The summed E-state index contributed by atoms with van der Waals surface area (Å²) in [6, 6.07) is 0.162. The topological polar surface area (TPSA) is 66.6 Å². The molecule has 5 nitrogen and oxygen atoms in total. The molecular weight excluding hydrogens is 238 g/mol. The van der Waals surface area contributed by atoms with E-state index in [0.717, 1.165) is 25.9 Å². The van der Waals surface area contributed by atoms with E-state index in [2.05, 4.69) is 4.90 Å². The maximum Gasteiger partial charge on any atom is 0.211 e. The van der Waals surface area contributed by atoms with Crippen molar-refractivity contribution in [2.75, 3.05) is 39.5 Å². The standard InChI is InChI=1S/C11H25N3O2S/c1-10(12)7-13(2)8-11-5-4-6-14(9-11)17(3,15)16/h10-11H,4-9,12H2,1-3H3. The number of piperidine rings is 1. The van der Waals surface area contributed by atoms with E-state index in [4.69, 9.17) is 5.73 Å². The summed E-state index contributed by atoms with van der Waals surface area (Å²) in [7, 11) is -0.983. The van der Waals surface area contributed by atoms with Crippen molar-refractivity contribution in [3.63, 3.8) is 0 Å². The monoisotopic (exact) mass is 263 g/mol. The van der Waals surface area contributed by atoms with Crippen molar-refractivity contribution < 1.29 is 8.42 Å². The Bertz CT molecular complexity index is 330. The van der Waals surface area contributed by atoms with Gasteiger partial charge in [0.2, 0.25) is 10.0 Å². The van der Waals surface area contributed by atoms with Crippen molar-refractivity contribution in [3.8, 4) is 0 Å². The van der Waals surface area contributed by atoms with Gasteiger partial charge < -0.3 is 10.6 Å². The molecule has 0 bridgehead atoms. The fourth-order valence-electron chi connectivity index (χ4n) is 2.48. The van der Waals surface area contributed by atoms with Gasteiger partial charge in [-0.25, -0.2) is 12.7 Å². The highest BCUT2D eigenvalue weighted by Crippen LogP contribution is 2.19. The average Bonchev–Trinajstić information content (AvgIpc) is 2.15. The van der Waals surface area contributed by atoms with E-state index in [1.54, 1.807) is 4.31 Å². The molecule has 2 unspecified atom stereocenters. The fraction of sp³-hybridized carbons (Fsp3) is 1.00. The zero-order valence-electron chi connectivity index (χ0n) is 11.1. The number of nitrogens with two attached hydrogens (primary N) is 1. The van der Waals surface area contributed by atoms with Crippen LogP contribution in [0.4, 0.5) is 0 Å². The molecule has 1 aliphatic rings. The molecule has 0 radical (unpaired) electrons. The highest BCUT2D eigenvalue weighted by atomic mass is 32.2. The van der Waals surface area contributed by atoms with Gasteiger partial charge in [0.1, 0.15) is 0 Å². The van der Waals surface area contributed by atoms with Crippen LogP contribution in [0.5, 0.6) is 0 Å². The Hall–Kier alpha value is -0.170. The van der Waals surface area contributed by atoms with Crippen molar-refractivity contribution in [2.45, 2.75) is 25.8 Å². The lowest BCUT2D eigenvalue weighted by Gasteiger charge is -2.33. The Labute approximate surface area is 105 Å². The molecule has 1 rings (SSSR count). The van der Waals surface area contributed by atoms with Crippen LogP contribution in [-0.2, 0) is 10.0 Å². The predicted molar refractivity (Wildman–Crippen MR) is 70.3 cm³/mol. The Balaban J connectivity index is 2.45. The molecule has 1 aliphatic heterocycles. The van der Waals surface area contributed by atoms with Gasteiger partial charge in [0.25, 0.3) is 0 Å². The van der Waals surface area contributed by atoms with Crippen molar-refractivity contribution in [1.29, 1.82) is 0 Å². The minimum Gasteiger partial charge on any atom is -0.327 e. The Morgan fingerprint density at radius 1 is 1.53 bits per heavy atom. The lowest BCUT2D eigenvalue weighted by molar-refractivity contribution is 0.196. The Morgan fingerprint density at radius 2 is 2.18 bits per heavy atom. The van der Waals surface area contributed by atoms with Gasteiger partial charge >= 0.3 is 0 Å². The quantitative estimate of drug-likeness (QED) is 0.754. The molecule has 0 saturated carbocycles. The molecule has 0 aromatic heterocycles. The molecule has 1 fully saturated rings. The summed E-state index contributed by atoms with van der Waals surface area (Å²) in [5.74, 6) is 0.433. The maximum atomic E-state index is 11.5. The van der Waals surface area contributed by atoms with Crippen LogP contribution in [-0.4, -0.2) is 63.1 Å². The second-order valence-corrected chi connectivity index (χ2v) is 7.31. The van der Waals surface area contributed by atoms with Crippen LogP contribution in [0.3, 0.4) is 0 Å². The minimum absolute atomic E-state index is 0.162. The van der Waals surface area contributed by atoms with Crippen molar-refractivity contribution in [1.82, 2.24) is 9.21 Å². The van der Waals surface area contributed by atoms with Crippen LogP contribution < -0.4 is 5.73 Å². The Morgan fingerprint density at radius 3 is 2.71 bits per heavy atom. The molecule has 0 aromatic carbocycles. The van der Waals surface area contributed by atoms with Gasteiger partial charge in [-0.3, -0.25) is 0 Å². The summed E-state index contributed by atoms with van der Waals surface area (Å²) in [5, 5.41) is 0. The van der Waals surface area contributed by atoms with Gasteiger partial charge in [0, 0.05) is 32.2 Å². The largest absolute Gasteiger partial charge is 0.327 e. The normalized spacial score (nSPS) is 25.1. The van der Waals surface area contributed by atoms with E-state index in [1.165, 1.54) is 6.26 Å². The van der Waals surface area contributed by atoms with E-state index >= 15 is 0 Å².